The topological polar surface area (TPSA) is 56.2 Å². The summed E-state index contributed by atoms with van der Waals surface area (Å²) in [4.78, 5) is 11.5. The highest BCUT2D eigenvalue weighted by atomic mass is 35.5. The van der Waals surface area contributed by atoms with E-state index < -0.39 is 0 Å². The first-order chi connectivity index (χ1) is 7.75. The Morgan fingerprint density at radius 1 is 1.75 bits per heavy atom. The summed E-state index contributed by atoms with van der Waals surface area (Å²) in [6, 6.07) is 0. The van der Waals surface area contributed by atoms with Crippen molar-refractivity contribution in [3.05, 3.63) is 17.4 Å². The van der Waals surface area contributed by atoms with Gasteiger partial charge < -0.3 is 10.1 Å². The molecule has 6 heteroatoms. The molecule has 0 aromatic carbocycles. The highest BCUT2D eigenvalue weighted by Gasteiger charge is 2.22. The maximum atomic E-state index is 11.5. The monoisotopic (exact) mass is 243 g/mol. The summed E-state index contributed by atoms with van der Waals surface area (Å²) in [5.74, 6) is -0.0317. The highest BCUT2D eigenvalue weighted by molar-refractivity contribution is 6.30. The molecule has 0 spiro atoms. The standard InChI is InChI=1S/C10H14ClN3O2/c11-8-6-13-14(7-8)4-3-12-10(15)9-2-1-5-16-9/h6-7,9H,1-5H2,(H,12,15)/t9-/m0/s1. The van der Waals surface area contributed by atoms with Crippen LogP contribution in [0.25, 0.3) is 0 Å². The van der Waals surface area contributed by atoms with Gasteiger partial charge in [0, 0.05) is 19.3 Å². The smallest absolute Gasteiger partial charge is 0.249 e. The largest absolute Gasteiger partial charge is 0.368 e. The summed E-state index contributed by atoms with van der Waals surface area (Å²) in [6.45, 7) is 1.84. The molecule has 88 valence electrons. The summed E-state index contributed by atoms with van der Waals surface area (Å²) in [6.07, 6.45) is 4.82. The Labute approximate surface area is 98.7 Å². The number of halogens is 1. The second kappa shape index (κ2) is 5.32. The van der Waals surface area contributed by atoms with E-state index in [2.05, 4.69) is 10.4 Å². The van der Waals surface area contributed by atoms with Gasteiger partial charge in [0.2, 0.25) is 5.91 Å². The van der Waals surface area contributed by atoms with Crippen molar-refractivity contribution in [3.63, 3.8) is 0 Å². The van der Waals surface area contributed by atoms with Gasteiger partial charge in [0.05, 0.1) is 17.8 Å². The zero-order valence-electron chi connectivity index (χ0n) is 8.86. The van der Waals surface area contributed by atoms with Crippen molar-refractivity contribution in [2.24, 2.45) is 0 Å². The average Bonchev–Trinajstić information content (AvgIpc) is 2.89. The lowest BCUT2D eigenvalue weighted by atomic mass is 10.2. The minimum absolute atomic E-state index is 0.0317. The fraction of sp³-hybridized carbons (Fsp3) is 0.600. The summed E-state index contributed by atoms with van der Waals surface area (Å²) in [5.41, 5.74) is 0. The number of hydrogen-bond acceptors (Lipinski definition) is 3. The van der Waals surface area contributed by atoms with E-state index >= 15 is 0 Å². The van der Waals surface area contributed by atoms with Crippen LogP contribution in [0.2, 0.25) is 5.02 Å². The van der Waals surface area contributed by atoms with Crippen LogP contribution in [0.4, 0.5) is 0 Å². The zero-order valence-corrected chi connectivity index (χ0v) is 9.61. The molecule has 1 aliphatic heterocycles. The van der Waals surface area contributed by atoms with Crippen LogP contribution in [0, 0.1) is 0 Å². The normalized spacial score (nSPS) is 19.9. The van der Waals surface area contributed by atoms with Crippen LogP contribution in [-0.4, -0.2) is 34.9 Å². The molecule has 2 rings (SSSR count). The molecular formula is C10H14ClN3O2. The van der Waals surface area contributed by atoms with Gasteiger partial charge in [-0.05, 0) is 12.8 Å². The third-order valence-electron chi connectivity index (χ3n) is 2.46. The lowest BCUT2D eigenvalue weighted by Gasteiger charge is -2.10. The molecule has 1 aromatic heterocycles. The van der Waals surface area contributed by atoms with Crippen molar-refractivity contribution < 1.29 is 9.53 Å². The number of amides is 1. The SMILES string of the molecule is O=C(NCCn1cc(Cl)cn1)[C@@H]1CCCO1. The Morgan fingerprint density at radius 2 is 2.62 bits per heavy atom. The molecule has 1 aliphatic rings. The molecule has 0 saturated carbocycles. The Bertz CT molecular complexity index is 361. The molecule has 1 aromatic rings. The number of carbonyl (C=O) groups excluding carboxylic acids is 1. The van der Waals surface area contributed by atoms with Crippen molar-refractivity contribution in [2.45, 2.75) is 25.5 Å². The van der Waals surface area contributed by atoms with Crippen LogP contribution in [0.1, 0.15) is 12.8 Å². The van der Waals surface area contributed by atoms with Gasteiger partial charge in [0.15, 0.2) is 0 Å². The Morgan fingerprint density at radius 3 is 3.25 bits per heavy atom. The van der Waals surface area contributed by atoms with Crippen molar-refractivity contribution in [1.82, 2.24) is 15.1 Å². The van der Waals surface area contributed by atoms with Crippen LogP contribution >= 0.6 is 11.6 Å². The zero-order chi connectivity index (χ0) is 11.4. The van der Waals surface area contributed by atoms with E-state index in [-0.39, 0.29) is 12.0 Å². The molecule has 1 atom stereocenters. The molecule has 16 heavy (non-hydrogen) atoms. The van der Waals surface area contributed by atoms with Crippen molar-refractivity contribution in [2.75, 3.05) is 13.2 Å². The molecule has 0 radical (unpaired) electrons. The fourth-order valence-corrected chi connectivity index (χ4v) is 1.81. The molecule has 1 saturated heterocycles. The molecular weight excluding hydrogens is 230 g/mol. The predicted molar refractivity (Wildman–Crippen MR) is 59.2 cm³/mol. The minimum Gasteiger partial charge on any atom is -0.368 e. The highest BCUT2D eigenvalue weighted by Crippen LogP contribution is 2.11. The Kier molecular flexibility index (Phi) is 3.79. The van der Waals surface area contributed by atoms with E-state index in [1.807, 2.05) is 0 Å². The van der Waals surface area contributed by atoms with E-state index in [0.29, 0.717) is 24.7 Å². The van der Waals surface area contributed by atoms with Gasteiger partial charge >= 0.3 is 0 Å². The predicted octanol–water partition coefficient (Wildman–Crippen LogP) is 0.832. The van der Waals surface area contributed by atoms with Gasteiger partial charge in [0.1, 0.15) is 6.10 Å². The van der Waals surface area contributed by atoms with Crippen molar-refractivity contribution >= 4 is 17.5 Å². The molecule has 2 heterocycles. The molecule has 1 amide bonds. The van der Waals surface area contributed by atoms with Gasteiger partial charge in [0.25, 0.3) is 0 Å². The fourth-order valence-electron chi connectivity index (χ4n) is 1.65. The van der Waals surface area contributed by atoms with E-state index in [4.69, 9.17) is 16.3 Å². The van der Waals surface area contributed by atoms with Gasteiger partial charge in [-0.3, -0.25) is 9.48 Å². The number of carbonyl (C=O) groups is 1. The molecule has 1 N–H and O–H groups in total. The first kappa shape index (κ1) is 11.4. The van der Waals surface area contributed by atoms with Gasteiger partial charge in [-0.1, -0.05) is 11.6 Å². The Balaban J connectivity index is 1.69. The van der Waals surface area contributed by atoms with E-state index in [1.54, 1.807) is 17.1 Å². The summed E-state index contributed by atoms with van der Waals surface area (Å²) < 4.78 is 6.96. The third-order valence-corrected chi connectivity index (χ3v) is 2.66. The van der Waals surface area contributed by atoms with Crippen LogP contribution < -0.4 is 5.32 Å². The molecule has 1 fully saturated rings. The molecule has 5 nitrogen and oxygen atoms in total. The van der Waals surface area contributed by atoms with Gasteiger partial charge in [-0.2, -0.15) is 5.10 Å². The summed E-state index contributed by atoms with van der Waals surface area (Å²) >= 11 is 5.71. The van der Waals surface area contributed by atoms with Crippen molar-refractivity contribution in [1.29, 1.82) is 0 Å². The van der Waals surface area contributed by atoms with Gasteiger partial charge in [-0.15, -0.1) is 0 Å². The van der Waals surface area contributed by atoms with E-state index in [9.17, 15) is 4.79 Å². The van der Waals surface area contributed by atoms with Crippen molar-refractivity contribution in [3.8, 4) is 0 Å². The number of nitrogens with zero attached hydrogens (tertiary/aromatic N) is 2. The summed E-state index contributed by atoms with van der Waals surface area (Å²) in [7, 11) is 0. The first-order valence-electron chi connectivity index (χ1n) is 5.33. The first-order valence-corrected chi connectivity index (χ1v) is 5.71. The molecule has 0 bridgehead atoms. The lowest BCUT2D eigenvalue weighted by Crippen LogP contribution is -2.36. The third kappa shape index (κ3) is 2.96. The van der Waals surface area contributed by atoms with Crippen LogP contribution in [0.3, 0.4) is 0 Å². The van der Waals surface area contributed by atoms with E-state index in [1.165, 1.54) is 0 Å². The second-order valence-electron chi connectivity index (χ2n) is 3.71. The van der Waals surface area contributed by atoms with Crippen LogP contribution in [-0.2, 0) is 16.1 Å². The van der Waals surface area contributed by atoms with E-state index in [0.717, 1.165) is 12.8 Å². The number of aromatic nitrogens is 2. The maximum Gasteiger partial charge on any atom is 0.249 e. The lowest BCUT2D eigenvalue weighted by molar-refractivity contribution is -0.130. The number of hydrogen-bond donors (Lipinski definition) is 1. The maximum absolute atomic E-state index is 11.5. The number of nitrogens with one attached hydrogen (secondary N) is 1. The van der Waals surface area contributed by atoms with Crippen LogP contribution in [0.5, 0.6) is 0 Å². The number of ether oxygens (including phenoxy) is 1. The summed E-state index contributed by atoms with van der Waals surface area (Å²) in [5, 5.41) is 7.43. The molecule has 0 aliphatic carbocycles. The second-order valence-corrected chi connectivity index (χ2v) is 4.15. The van der Waals surface area contributed by atoms with Gasteiger partial charge in [-0.25, -0.2) is 0 Å². The average molecular weight is 244 g/mol. The minimum atomic E-state index is -0.263. The Hall–Kier alpha value is -1.07. The van der Waals surface area contributed by atoms with Crippen LogP contribution in [0.15, 0.2) is 12.4 Å². The quantitative estimate of drug-likeness (QED) is 0.852. The molecule has 0 unspecified atom stereocenters. The number of rotatable bonds is 4.